The van der Waals surface area contributed by atoms with E-state index >= 15 is 0 Å². The Balaban J connectivity index is 2.96. The Labute approximate surface area is 133 Å². The van der Waals surface area contributed by atoms with Gasteiger partial charge in [0.15, 0.2) is 0 Å². The molecule has 1 aromatic heterocycles. The molecule has 0 saturated carbocycles. The number of benzene rings is 1. The number of hydrogen-bond acceptors (Lipinski definition) is 1. The molecule has 1 aromatic carbocycles. The number of carboxylic acid groups (broad SMARTS) is 1. The Morgan fingerprint density at radius 1 is 1.18 bits per heavy atom. The van der Waals surface area contributed by atoms with Crippen LogP contribution >= 0.6 is 0 Å². The molecule has 0 bridgehead atoms. The minimum Gasteiger partial charge on any atom is -0.478 e. The van der Waals surface area contributed by atoms with Gasteiger partial charge in [0.1, 0.15) is 0 Å². The van der Waals surface area contributed by atoms with Crippen molar-refractivity contribution >= 4 is 16.9 Å². The molecule has 0 spiro atoms. The van der Waals surface area contributed by atoms with Crippen LogP contribution in [-0.4, -0.2) is 15.6 Å². The minimum atomic E-state index is -0.836. The van der Waals surface area contributed by atoms with E-state index in [1.807, 2.05) is 6.07 Å². The fourth-order valence-corrected chi connectivity index (χ4v) is 3.39. The van der Waals surface area contributed by atoms with Crippen LogP contribution in [-0.2, 0) is 6.54 Å². The zero-order valence-electron chi connectivity index (χ0n) is 14.5. The Morgan fingerprint density at radius 3 is 2.27 bits per heavy atom. The van der Waals surface area contributed by atoms with Crippen molar-refractivity contribution in [2.75, 3.05) is 0 Å². The summed E-state index contributed by atoms with van der Waals surface area (Å²) in [6.45, 7) is 13.7. The molecular weight excluding hydrogens is 274 g/mol. The first-order chi connectivity index (χ1) is 10.3. The molecule has 1 heterocycles. The van der Waals surface area contributed by atoms with E-state index in [9.17, 15) is 9.90 Å². The van der Waals surface area contributed by atoms with Crippen molar-refractivity contribution in [3.63, 3.8) is 0 Å². The van der Waals surface area contributed by atoms with Crippen molar-refractivity contribution in [1.29, 1.82) is 0 Å². The molecule has 0 amide bonds. The highest BCUT2D eigenvalue weighted by Crippen LogP contribution is 2.36. The van der Waals surface area contributed by atoms with E-state index in [0.717, 1.165) is 29.4 Å². The van der Waals surface area contributed by atoms with Crippen molar-refractivity contribution in [2.24, 2.45) is 0 Å². The Bertz CT molecular complexity index is 708. The summed E-state index contributed by atoms with van der Waals surface area (Å²) in [7, 11) is 0. The molecule has 0 aliphatic heterocycles. The number of fused-ring (bicyclic) bond motifs is 1. The van der Waals surface area contributed by atoms with Gasteiger partial charge in [-0.25, -0.2) is 4.79 Å². The van der Waals surface area contributed by atoms with Crippen LogP contribution in [0.25, 0.3) is 10.9 Å². The maximum Gasteiger partial charge on any atom is 0.337 e. The van der Waals surface area contributed by atoms with E-state index < -0.39 is 5.97 Å². The van der Waals surface area contributed by atoms with Gasteiger partial charge in [0.25, 0.3) is 0 Å². The zero-order valence-corrected chi connectivity index (χ0v) is 14.5. The van der Waals surface area contributed by atoms with Crippen LogP contribution in [0.1, 0.15) is 80.1 Å². The smallest absolute Gasteiger partial charge is 0.337 e. The molecule has 0 unspecified atom stereocenters. The number of nitrogens with zero attached hydrogens (tertiary/aromatic N) is 1. The predicted molar refractivity (Wildman–Crippen MR) is 92.1 cm³/mol. The molecule has 3 nitrogen and oxygen atoms in total. The summed E-state index contributed by atoms with van der Waals surface area (Å²) < 4.78 is 2.19. The molecule has 0 radical (unpaired) electrons. The summed E-state index contributed by atoms with van der Waals surface area (Å²) in [6.07, 6.45) is 0.993. The van der Waals surface area contributed by atoms with E-state index in [1.165, 1.54) is 11.3 Å². The van der Waals surface area contributed by atoms with Crippen LogP contribution in [0, 0.1) is 6.92 Å². The third-order valence-corrected chi connectivity index (χ3v) is 4.41. The second kappa shape index (κ2) is 6.15. The van der Waals surface area contributed by atoms with Crippen LogP contribution < -0.4 is 0 Å². The lowest BCUT2D eigenvalue weighted by atomic mass is 9.93. The molecule has 22 heavy (non-hydrogen) atoms. The van der Waals surface area contributed by atoms with Crippen LogP contribution in [0.5, 0.6) is 0 Å². The standard InChI is InChI=1S/C19H27NO2/c1-7-8-20-13(6)17(12(4)5)15-9-14(11(2)3)10-16(18(15)20)19(21)22/h9-12H,7-8H2,1-6H3,(H,21,22). The van der Waals surface area contributed by atoms with Gasteiger partial charge < -0.3 is 9.67 Å². The first kappa shape index (κ1) is 16.6. The normalized spacial score (nSPS) is 11.8. The van der Waals surface area contributed by atoms with E-state index in [1.54, 1.807) is 0 Å². The number of carbonyl (C=O) groups is 1. The van der Waals surface area contributed by atoms with Gasteiger partial charge in [-0.2, -0.15) is 0 Å². The maximum absolute atomic E-state index is 11.8. The van der Waals surface area contributed by atoms with E-state index in [-0.39, 0.29) is 0 Å². The van der Waals surface area contributed by atoms with Crippen LogP contribution in [0.15, 0.2) is 12.1 Å². The highest BCUT2D eigenvalue weighted by molar-refractivity contribution is 6.04. The molecule has 0 saturated heterocycles. The Morgan fingerprint density at radius 2 is 1.82 bits per heavy atom. The highest BCUT2D eigenvalue weighted by Gasteiger charge is 2.22. The number of rotatable bonds is 5. The van der Waals surface area contributed by atoms with Crippen molar-refractivity contribution in [2.45, 2.75) is 66.3 Å². The summed E-state index contributed by atoms with van der Waals surface area (Å²) in [5.74, 6) is -0.139. The second-order valence-corrected chi connectivity index (χ2v) is 6.73. The lowest BCUT2D eigenvalue weighted by molar-refractivity contribution is 0.0698. The van der Waals surface area contributed by atoms with Gasteiger partial charge in [-0.15, -0.1) is 0 Å². The monoisotopic (exact) mass is 301 g/mol. The summed E-state index contributed by atoms with van der Waals surface area (Å²) >= 11 is 0. The van der Waals surface area contributed by atoms with Crippen LogP contribution in [0.3, 0.4) is 0 Å². The van der Waals surface area contributed by atoms with Crippen molar-refractivity contribution in [3.05, 3.63) is 34.5 Å². The fourth-order valence-electron chi connectivity index (χ4n) is 3.39. The predicted octanol–water partition coefficient (Wildman–Crippen LogP) is 5.30. The summed E-state index contributed by atoms with van der Waals surface area (Å²) in [5.41, 5.74) is 4.91. The molecule has 0 aliphatic rings. The first-order valence-corrected chi connectivity index (χ1v) is 8.19. The zero-order chi connectivity index (χ0) is 16.6. The lowest BCUT2D eigenvalue weighted by Gasteiger charge is -2.11. The molecule has 2 rings (SSSR count). The van der Waals surface area contributed by atoms with E-state index in [0.29, 0.717) is 17.4 Å². The number of aryl methyl sites for hydroxylation is 1. The SMILES string of the molecule is CCCn1c(C)c(C(C)C)c2cc(C(C)C)cc(C(=O)O)c21. The van der Waals surface area contributed by atoms with Crippen molar-refractivity contribution in [3.8, 4) is 0 Å². The molecule has 2 aromatic rings. The highest BCUT2D eigenvalue weighted by atomic mass is 16.4. The molecule has 0 atom stereocenters. The summed E-state index contributed by atoms with van der Waals surface area (Å²) in [5, 5.41) is 10.8. The second-order valence-electron chi connectivity index (χ2n) is 6.73. The van der Waals surface area contributed by atoms with Gasteiger partial charge in [-0.1, -0.05) is 34.6 Å². The van der Waals surface area contributed by atoms with Gasteiger partial charge >= 0.3 is 5.97 Å². The van der Waals surface area contributed by atoms with Gasteiger partial charge in [0, 0.05) is 17.6 Å². The molecule has 1 N–H and O–H groups in total. The molecular formula is C19H27NO2. The number of aromatic nitrogens is 1. The number of hydrogen-bond donors (Lipinski definition) is 1. The van der Waals surface area contributed by atoms with Crippen LogP contribution in [0.4, 0.5) is 0 Å². The van der Waals surface area contributed by atoms with Gasteiger partial charge in [-0.05, 0) is 48.4 Å². The quantitative estimate of drug-likeness (QED) is 0.813. The van der Waals surface area contributed by atoms with E-state index in [2.05, 4.69) is 52.2 Å². The third-order valence-electron chi connectivity index (χ3n) is 4.41. The number of aromatic carboxylic acids is 1. The minimum absolute atomic E-state index is 0.317. The van der Waals surface area contributed by atoms with E-state index in [4.69, 9.17) is 0 Å². The first-order valence-electron chi connectivity index (χ1n) is 8.19. The van der Waals surface area contributed by atoms with Gasteiger partial charge in [0.05, 0.1) is 11.1 Å². The summed E-state index contributed by atoms with van der Waals surface area (Å²) in [6, 6.07) is 4.05. The lowest BCUT2D eigenvalue weighted by Crippen LogP contribution is -2.06. The van der Waals surface area contributed by atoms with Gasteiger partial charge in [-0.3, -0.25) is 0 Å². The average Bonchev–Trinajstić information content (AvgIpc) is 2.70. The third kappa shape index (κ3) is 2.65. The maximum atomic E-state index is 11.8. The Kier molecular flexibility index (Phi) is 4.64. The Hall–Kier alpha value is -1.77. The average molecular weight is 301 g/mol. The largest absolute Gasteiger partial charge is 0.478 e. The topological polar surface area (TPSA) is 42.2 Å². The van der Waals surface area contributed by atoms with Gasteiger partial charge in [0.2, 0.25) is 0 Å². The van der Waals surface area contributed by atoms with Crippen molar-refractivity contribution < 1.29 is 9.90 Å². The molecule has 0 fully saturated rings. The number of carboxylic acids is 1. The fraction of sp³-hybridized carbons (Fsp3) is 0.526. The summed E-state index contributed by atoms with van der Waals surface area (Å²) in [4.78, 5) is 11.8. The molecule has 3 heteroatoms. The molecule has 120 valence electrons. The van der Waals surface area contributed by atoms with Crippen molar-refractivity contribution in [1.82, 2.24) is 4.57 Å². The van der Waals surface area contributed by atoms with Crippen LogP contribution in [0.2, 0.25) is 0 Å². The molecule has 0 aliphatic carbocycles.